The van der Waals surface area contributed by atoms with Crippen molar-refractivity contribution in [2.45, 2.75) is 213 Å². The minimum atomic E-state index is -4.77. The maximum atomic E-state index is 12.8. The summed E-state index contributed by atoms with van der Waals surface area (Å²) in [4.78, 5) is 48.2. The summed E-state index contributed by atoms with van der Waals surface area (Å²) >= 11 is 0. The largest absolute Gasteiger partial charge is 0.472 e. The summed E-state index contributed by atoms with van der Waals surface area (Å²) in [7, 11) is -4.77. The van der Waals surface area contributed by atoms with Crippen LogP contribution < -0.4 is 0 Å². The number of unbranched alkanes of at least 4 members (excludes halogenated alkanes) is 16. The molecule has 2 N–H and O–H groups in total. The predicted octanol–water partition coefficient (Wildman–Crippen LogP) is 14.4. The third-order valence-corrected chi connectivity index (χ3v) is 11.3. The van der Waals surface area contributed by atoms with Crippen molar-refractivity contribution in [3.05, 3.63) is 85.1 Å². The zero-order valence-corrected chi connectivity index (χ0v) is 42.3. The van der Waals surface area contributed by atoms with Crippen molar-refractivity contribution in [2.75, 3.05) is 26.4 Å². The summed E-state index contributed by atoms with van der Waals surface area (Å²) in [5, 5.41) is 9.76. The lowest BCUT2D eigenvalue weighted by Gasteiger charge is -2.21. The minimum Gasteiger partial charge on any atom is -0.462 e. The quantitative estimate of drug-likeness (QED) is 0.0197. The average molecular weight is 947 g/mol. The Morgan fingerprint density at radius 1 is 0.455 bits per heavy atom. The molecule has 378 valence electrons. The van der Waals surface area contributed by atoms with Gasteiger partial charge in [-0.05, 0) is 89.9 Å². The van der Waals surface area contributed by atoms with Gasteiger partial charge in [0.1, 0.15) is 12.7 Å². The molecule has 0 saturated carbocycles. The summed E-state index contributed by atoms with van der Waals surface area (Å²) in [6.07, 6.45) is 53.0. The predicted molar refractivity (Wildman–Crippen MR) is 270 cm³/mol. The van der Waals surface area contributed by atoms with Crippen molar-refractivity contribution in [2.24, 2.45) is 0 Å². The highest BCUT2D eigenvalue weighted by molar-refractivity contribution is 7.47. The number of hydrogen-bond donors (Lipinski definition) is 2. The molecule has 3 unspecified atom stereocenters. The van der Waals surface area contributed by atoms with Gasteiger partial charge < -0.3 is 24.2 Å². The van der Waals surface area contributed by atoms with E-state index in [-0.39, 0.29) is 25.9 Å². The molecule has 0 aliphatic rings. The normalized spacial score (nSPS) is 14.2. The summed E-state index contributed by atoms with van der Waals surface area (Å²) in [6.45, 7) is 4.31. The van der Waals surface area contributed by atoms with E-state index in [2.05, 4.69) is 81.5 Å². The molecular formula is C54H91O11P. The smallest absolute Gasteiger partial charge is 0.462 e. The Labute approximate surface area is 400 Å². The van der Waals surface area contributed by atoms with Gasteiger partial charge in [-0.2, -0.15) is 0 Å². The van der Waals surface area contributed by atoms with E-state index < -0.39 is 57.8 Å². The van der Waals surface area contributed by atoms with Gasteiger partial charge in [0.25, 0.3) is 0 Å². The Kier molecular flexibility index (Phi) is 45.7. The number of phosphoric acid groups is 1. The van der Waals surface area contributed by atoms with Crippen LogP contribution in [0.15, 0.2) is 85.1 Å². The van der Waals surface area contributed by atoms with E-state index in [0.717, 1.165) is 103 Å². The second-order valence-electron chi connectivity index (χ2n) is 16.6. The van der Waals surface area contributed by atoms with E-state index in [0.29, 0.717) is 19.3 Å². The Balaban J connectivity index is 4.87. The Morgan fingerprint density at radius 2 is 0.864 bits per heavy atom. The number of aliphatic hydroxyl groups is 1. The van der Waals surface area contributed by atoms with Gasteiger partial charge in [-0.15, -0.1) is 0 Å². The van der Waals surface area contributed by atoms with E-state index in [9.17, 15) is 28.9 Å². The van der Waals surface area contributed by atoms with Crippen LogP contribution in [-0.2, 0) is 42.2 Å². The summed E-state index contributed by atoms with van der Waals surface area (Å²) in [5.41, 5.74) is 0. The first-order chi connectivity index (χ1) is 32.2. The molecule has 11 nitrogen and oxygen atoms in total. The van der Waals surface area contributed by atoms with Crippen molar-refractivity contribution in [1.29, 1.82) is 0 Å². The fourth-order valence-corrected chi connectivity index (χ4v) is 7.19. The van der Waals surface area contributed by atoms with Crippen LogP contribution in [0.25, 0.3) is 0 Å². The fourth-order valence-electron chi connectivity index (χ4n) is 6.41. The van der Waals surface area contributed by atoms with Crippen molar-refractivity contribution < 1.29 is 52.2 Å². The lowest BCUT2D eigenvalue weighted by Crippen LogP contribution is -2.30. The van der Waals surface area contributed by atoms with Gasteiger partial charge in [0.05, 0.1) is 26.2 Å². The molecule has 0 spiro atoms. The third kappa shape index (κ3) is 45.8. The number of allylic oxidation sites excluding steroid dienone is 13. The highest BCUT2D eigenvalue weighted by Crippen LogP contribution is 2.43. The molecule has 3 atom stereocenters. The van der Waals surface area contributed by atoms with Gasteiger partial charge in [0, 0.05) is 12.8 Å². The van der Waals surface area contributed by atoms with Crippen LogP contribution >= 0.6 is 7.82 Å². The number of hydrogen-bond acceptors (Lipinski definition) is 10. The van der Waals surface area contributed by atoms with Crippen LogP contribution in [0.4, 0.5) is 0 Å². The van der Waals surface area contributed by atoms with Crippen molar-refractivity contribution in [3.63, 3.8) is 0 Å². The lowest BCUT2D eigenvalue weighted by molar-refractivity contribution is -0.160. The molecule has 0 aromatic heterocycles. The molecule has 0 saturated heterocycles. The van der Waals surface area contributed by atoms with E-state index in [1.807, 2.05) is 18.2 Å². The highest BCUT2D eigenvalue weighted by atomic mass is 31.2. The zero-order valence-electron chi connectivity index (χ0n) is 41.4. The Hall–Kier alpha value is -3.34. The second-order valence-corrected chi connectivity index (χ2v) is 18.1. The highest BCUT2D eigenvalue weighted by Gasteiger charge is 2.28. The molecule has 0 radical (unpaired) electrons. The van der Waals surface area contributed by atoms with Gasteiger partial charge >= 0.3 is 25.7 Å². The van der Waals surface area contributed by atoms with E-state index in [4.69, 9.17) is 23.3 Å². The molecule has 0 fully saturated rings. The first-order valence-corrected chi connectivity index (χ1v) is 27.0. The number of ether oxygens (including phenoxy) is 3. The monoisotopic (exact) mass is 947 g/mol. The van der Waals surface area contributed by atoms with Gasteiger partial charge in [-0.1, -0.05) is 176 Å². The summed E-state index contributed by atoms with van der Waals surface area (Å²) < 4.78 is 39.1. The van der Waals surface area contributed by atoms with Gasteiger partial charge in [0.2, 0.25) is 0 Å². The molecule has 0 aliphatic carbocycles. The van der Waals surface area contributed by atoms with Gasteiger partial charge in [-0.25, -0.2) is 4.57 Å². The fraction of sp³-hybridized carbons (Fsp3) is 0.685. The van der Waals surface area contributed by atoms with E-state index >= 15 is 0 Å². The maximum Gasteiger partial charge on any atom is 0.472 e. The molecule has 0 heterocycles. The first-order valence-electron chi connectivity index (χ1n) is 25.5. The zero-order chi connectivity index (χ0) is 48.4. The van der Waals surface area contributed by atoms with Crippen LogP contribution in [-0.4, -0.2) is 66.5 Å². The number of carbonyl (C=O) groups excluding carboxylic acids is 3. The summed E-state index contributed by atoms with van der Waals surface area (Å²) in [5.74, 6) is -1.65. The number of esters is 3. The molecule has 12 heteroatoms. The first kappa shape index (κ1) is 62.7. The average Bonchev–Trinajstić information content (AvgIpc) is 3.30. The number of carbonyl (C=O) groups is 3. The van der Waals surface area contributed by atoms with Crippen LogP contribution in [0.1, 0.15) is 201 Å². The molecule has 0 aromatic carbocycles. The maximum absolute atomic E-state index is 12.8. The van der Waals surface area contributed by atoms with Crippen molar-refractivity contribution >= 4 is 25.7 Å². The third-order valence-electron chi connectivity index (χ3n) is 10.3. The van der Waals surface area contributed by atoms with Crippen LogP contribution in [0.3, 0.4) is 0 Å². The van der Waals surface area contributed by atoms with Crippen molar-refractivity contribution in [3.8, 4) is 0 Å². The lowest BCUT2D eigenvalue weighted by atomic mass is 10.1. The number of phosphoric ester groups is 1. The minimum absolute atomic E-state index is 0.0692. The molecule has 0 aliphatic heterocycles. The molecular weight excluding hydrogens is 856 g/mol. The van der Waals surface area contributed by atoms with E-state index in [1.165, 1.54) is 38.5 Å². The van der Waals surface area contributed by atoms with Crippen LogP contribution in [0.2, 0.25) is 0 Å². The standard InChI is InChI=1S/C54H91O11P/c1-4-7-10-13-16-19-22-24-25-27-30-33-36-39-42-45-54(58)65-51(47-61-52(56)43-40-37-34-31-28-21-18-15-12-9-6-3)49-63-66(59,60)62-48-50(46-55)64-53(57)44-41-38-35-32-29-26-23-20-17-14-11-8-5-2/h7,10,15-16,18-20,23-25,30,33,39,42,50-51,55H,4-6,8-9,11-14,17,21-22,26-29,31-32,34-38,40-41,43-49H2,1-3H3,(H,59,60)/b10-7-,18-15-,19-16-,23-20-,25-24-,33-30-,42-39-. The molecule has 0 amide bonds. The molecule has 0 aromatic rings. The topological polar surface area (TPSA) is 155 Å². The second kappa shape index (κ2) is 48.1. The van der Waals surface area contributed by atoms with Crippen LogP contribution in [0.5, 0.6) is 0 Å². The van der Waals surface area contributed by atoms with Gasteiger partial charge in [-0.3, -0.25) is 23.4 Å². The number of aliphatic hydroxyl groups excluding tert-OH is 1. The van der Waals surface area contributed by atoms with E-state index in [1.54, 1.807) is 6.08 Å². The molecule has 0 rings (SSSR count). The van der Waals surface area contributed by atoms with Crippen LogP contribution in [0, 0.1) is 0 Å². The Morgan fingerprint density at radius 3 is 1.36 bits per heavy atom. The van der Waals surface area contributed by atoms with Crippen molar-refractivity contribution in [1.82, 2.24) is 0 Å². The number of rotatable bonds is 46. The summed E-state index contributed by atoms with van der Waals surface area (Å²) in [6, 6.07) is 0. The molecule has 0 bridgehead atoms. The molecule has 66 heavy (non-hydrogen) atoms. The van der Waals surface area contributed by atoms with Gasteiger partial charge in [0.15, 0.2) is 6.10 Å². The SMILES string of the molecule is CC/C=C\C/C=C\C/C=C\C/C=C\C/C=C\CC(=O)OC(COC(=O)CCCCCCC/C=C\CCCC)COP(=O)(O)OCC(CO)OC(=O)CCCCCCC/C=C\CCCCCC. The Bertz CT molecular complexity index is 1430.